The first-order chi connectivity index (χ1) is 14.4. The van der Waals surface area contributed by atoms with Gasteiger partial charge in [0.1, 0.15) is 0 Å². The van der Waals surface area contributed by atoms with Crippen molar-refractivity contribution in [3.63, 3.8) is 0 Å². The van der Waals surface area contributed by atoms with Gasteiger partial charge >= 0.3 is 0 Å². The van der Waals surface area contributed by atoms with Crippen LogP contribution >= 0.6 is 0 Å². The first-order valence-electron chi connectivity index (χ1n) is 12.7. The number of rotatable bonds is 13. The summed E-state index contributed by atoms with van der Waals surface area (Å²) in [5.41, 5.74) is 0. The molecule has 2 saturated carbocycles. The Labute approximate surface area is 179 Å². The Kier molecular flexibility index (Phi) is 13.7. The Hall–Kier alpha value is -1.24. The van der Waals surface area contributed by atoms with Crippen molar-refractivity contribution in [2.75, 3.05) is 6.61 Å². The molecule has 166 valence electrons. The van der Waals surface area contributed by atoms with Gasteiger partial charge in [0.2, 0.25) is 0 Å². The van der Waals surface area contributed by atoms with E-state index in [4.69, 9.17) is 15.0 Å². The second-order valence-corrected chi connectivity index (χ2v) is 9.14. The fraction of sp³-hybridized carbons (Fsp3) is 0.920. The summed E-state index contributed by atoms with van der Waals surface area (Å²) < 4.78 is 6.14. The van der Waals surface area contributed by atoms with Crippen LogP contribution in [-0.4, -0.2) is 24.7 Å². The monoisotopic (exact) mass is 403 g/mol. The number of hydrogen-bond donors (Lipinski definition) is 1. The zero-order chi connectivity index (χ0) is 20.4. The number of amidine groups is 1. The van der Waals surface area contributed by atoms with E-state index in [-0.39, 0.29) is 0 Å². The second-order valence-electron chi connectivity index (χ2n) is 9.14. The van der Waals surface area contributed by atoms with Gasteiger partial charge in [0.15, 0.2) is 0 Å². The number of nitriles is 1. The molecule has 29 heavy (non-hydrogen) atoms. The molecule has 0 heterocycles. The first-order valence-corrected chi connectivity index (χ1v) is 12.7. The van der Waals surface area contributed by atoms with Gasteiger partial charge in [0.05, 0.1) is 18.7 Å². The molecule has 4 heteroatoms. The zero-order valence-corrected chi connectivity index (χ0v) is 18.8. The predicted octanol–water partition coefficient (Wildman–Crippen LogP) is 7.04. The summed E-state index contributed by atoms with van der Waals surface area (Å²) in [4.78, 5) is 4.98. The van der Waals surface area contributed by atoms with Crippen LogP contribution in [0.2, 0.25) is 0 Å². The van der Waals surface area contributed by atoms with Gasteiger partial charge in [-0.15, -0.1) is 0 Å². The van der Waals surface area contributed by atoms with E-state index in [1.54, 1.807) is 0 Å². The average Bonchev–Trinajstić information content (AvgIpc) is 2.76. The number of nitrogens with one attached hydrogen (secondary N) is 1. The third-order valence-electron chi connectivity index (χ3n) is 6.48. The molecule has 0 aromatic heterocycles. The standard InChI is InChI=1S/C25H45N3O/c26-21-15-7-5-3-1-2-4-6-8-16-22-29-25(27-23-17-11-9-12-18-23)28-24-19-13-10-14-20-24/h23-24H,1-20,22H2,(H,27,28). The molecule has 0 amide bonds. The van der Waals surface area contributed by atoms with Crippen molar-refractivity contribution in [2.45, 2.75) is 141 Å². The lowest BCUT2D eigenvalue weighted by Crippen LogP contribution is -2.38. The maximum Gasteiger partial charge on any atom is 0.285 e. The molecular weight excluding hydrogens is 358 g/mol. The molecule has 4 nitrogen and oxygen atoms in total. The Morgan fingerprint density at radius 3 is 1.93 bits per heavy atom. The molecule has 0 unspecified atom stereocenters. The molecule has 0 radical (unpaired) electrons. The van der Waals surface area contributed by atoms with E-state index in [0.717, 1.165) is 31.9 Å². The lowest BCUT2D eigenvalue weighted by Gasteiger charge is -2.26. The molecule has 0 aliphatic heterocycles. The molecule has 0 atom stereocenters. The van der Waals surface area contributed by atoms with E-state index in [2.05, 4.69) is 11.4 Å². The molecule has 0 aromatic carbocycles. The summed E-state index contributed by atoms with van der Waals surface area (Å²) in [7, 11) is 0. The van der Waals surface area contributed by atoms with E-state index in [1.807, 2.05) is 0 Å². The highest BCUT2D eigenvalue weighted by molar-refractivity contribution is 5.74. The Morgan fingerprint density at radius 1 is 0.759 bits per heavy atom. The van der Waals surface area contributed by atoms with Crippen LogP contribution in [0, 0.1) is 11.3 Å². The van der Waals surface area contributed by atoms with E-state index < -0.39 is 0 Å². The van der Waals surface area contributed by atoms with Gasteiger partial charge in [-0.3, -0.25) is 0 Å². The fourth-order valence-corrected chi connectivity index (χ4v) is 4.63. The lowest BCUT2D eigenvalue weighted by molar-refractivity contribution is 0.260. The minimum atomic E-state index is 0.475. The molecule has 1 N–H and O–H groups in total. The normalized spacial score (nSPS) is 19.1. The van der Waals surface area contributed by atoms with Crippen molar-refractivity contribution in [3.8, 4) is 6.07 Å². The van der Waals surface area contributed by atoms with Gasteiger partial charge in [-0.1, -0.05) is 83.5 Å². The van der Waals surface area contributed by atoms with Gasteiger partial charge in [-0.05, 0) is 38.5 Å². The number of ether oxygens (including phenoxy) is 1. The van der Waals surface area contributed by atoms with Gasteiger partial charge in [0, 0.05) is 12.5 Å². The SMILES string of the molecule is N#CCCCCCCCCCCCOC(=NC1CCCCC1)NC1CCCCC1. The van der Waals surface area contributed by atoms with E-state index >= 15 is 0 Å². The predicted molar refractivity (Wildman–Crippen MR) is 122 cm³/mol. The topological polar surface area (TPSA) is 57.4 Å². The molecule has 0 saturated heterocycles. The van der Waals surface area contributed by atoms with Gasteiger partial charge < -0.3 is 10.1 Å². The zero-order valence-electron chi connectivity index (χ0n) is 18.8. The Bertz CT molecular complexity index is 459. The average molecular weight is 404 g/mol. The number of aliphatic imine (C=N–C) groups is 1. The minimum absolute atomic E-state index is 0.475. The van der Waals surface area contributed by atoms with Crippen LogP contribution in [-0.2, 0) is 4.74 Å². The molecule has 2 fully saturated rings. The van der Waals surface area contributed by atoms with Crippen LogP contribution in [0.3, 0.4) is 0 Å². The van der Waals surface area contributed by atoms with Crippen molar-refractivity contribution < 1.29 is 4.74 Å². The van der Waals surface area contributed by atoms with Gasteiger partial charge in [0.25, 0.3) is 6.02 Å². The highest BCUT2D eigenvalue weighted by Crippen LogP contribution is 2.21. The van der Waals surface area contributed by atoms with Crippen molar-refractivity contribution in [3.05, 3.63) is 0 Å². The van der Waals surface area contributed by atoms with E-state index in [0.29, 0.717) is 12.1 Å². The third-order valence-corrected chi connectivity index (χ3v) is 6.48. The Balaban J connectivity index is 1.55. The maximum atomic E-state index is 8.54. The molecule has 0 spiro atoms. The number of unbranched alkanes of at least 4 members (excludes halogenated alkanes) is 9. The molecule has 2 rings (SSSR count). The smallest absolute Gasteiger partial charge is 0.285 e. The van der Waals surface area contributed by atoms with E-state index in [1.165, 1.54) is 109 Å². The fourth-order valence-electron chi connectivity index (χ4n) is 4.63. The van der Waals surface area contributed by atoms with Crippen molar-refractivity contribution in [1.82, 2.24) is 5.32 Å². The van der Waals surface area contributed by atoms with Crippen LogP contribution in [0.5, 0.6) is 0 Å². The number of nitrogens with zero attached hydrogens (tertiary/aromatic N) is 2. The molecule has 2 aliphatic rings. The van der Waals surface area contributed by atoms with Gasteiger partial charge in [-0.25, -0.2) is 4.99 Å². The highest BCUT2D eigenvalue weighted by Gasteiger charge is 2.18. The summed E-state index contributed by atoms with van der Waals surface area (Å²) in [5, 5.41) is 12.2. The molecule has 0 bridgehead atoms. The van der Waals surface area contributed by atoms with Crippen LogP contribution in [0.15, 0.2) is 4.99 Å². The molecular formula is C25H45N3O. The van der Waals surface area contributed by atoms with Crippen LogP contribution in [0.4, 0.5) is 0 Å². The van der Waals surface area contributed by atoms with Gasteiger partial charge in [-0.2, -0.15) is 5.26 Å². The molecule has 0 aromatic rings. The quantitative estimate of drug-likeness (QED) is 0.204. The Morgan fingerprint density at radius 2 is 1.31 bits per heavy atom. The highest BCUT2D eigenvalue weighted by atomic mass is 16.5. The van der Waals surface area contributed by atoms with Crippen molar-refractivity contribution >= 4 is 6.02 Å². The summed E-state index contributed by atoms with van der Waals surface area (Å²) >= 11 is 0. The summed E-state index contributed by atoms with van der Waals surface area (Å²) in [5.74, 6) is 0. The van der Waals surface area contributed by atoms with Crippen LogP contribution < -0.4 is 5.32 Å². The lowest BCUT2D eigenvalue weighted by atomic mass is 9.95. The second kappa shape index (κ2) is 16.5. The largest absolute Gasteiger partial charge is 0.465 e. The maximum absolute atomic E-state index is 8.54. The third kappa shape index (κ3) is 12.1. The summed E-state index contributed by atoms with van der Waals surface area (Å²) in [6.45, 7) is 0.805. The van der Waals surface area contributed by atoms with Crippen LogP contribution in [0.1, 0.15) is 128 Å². The number of hydrogen-bond acceptors (Lipinski definition) is 3. The first kappa shape index (κ1) is 24.0. The summed E-state index contributed by atoms with van der Waals surface area (Å²) in [6, 6.07) is 4.12. The van der Waals surface area contributed by atoms with Crippen LogP contribution in [0.25, 0.3) is 0 Å². The minimum Gasteiger partial charge on any atom is -0.465 e. The van der Waals surface area contributed by atoms with E-state index in [9.17, 15) is 0 Å². The van der Waals surface area contributed by atoms with Crippen molar-refractivity contribution in [2.24, 2.45) is 4.99 Å². The van der Waals surface area contributed by atoms with Crippen molar-refractivity contribution in [1.29, 1.82) is 5.26 Å². The molecule has 2 aliphatic carbocycles. The summed E-state index contributed by atoms with van der Waals surface area (Å²) in [6.07, 6.45) is 25.1.